The average Bonchev–Trinajstić information content (AvgIpc) is 2.25. The molecule has 0 saturated heterocycles. The fourth-order valence-electron chi connectivity index (χ4n) is 1.39. The van der Waals surface area contributed by atoms with E-state index in [1.54, 1.807) is 19.1 Å². The molecule has 0 heterocycles. The molecule has 0 unspecified atom stereocenters. The lowest BCUT2D eigenvalue weighted by atomic mass is 10.1. The normalized spacial score (nSPS) is 11.2. The molecule has 0 aliphatic rings. The first-order valence-electron chi connectivity index (χ1n) is 5.28. The van der Waals surface area contributed by atoms with E-state index >= 15 is 0 Å². The molecular weight excluding hydrogens is 240 g/mol. The number of sulfonamides is 1. The monoisotopic (exact) mass is 256 g/mol. The molecule has 3 N–H and O–H groups in total. The summed E-state index contributed by atoms with van der Waals surface area (Å²) in [5.74, 6) is -0.295. The highest BCUT2D eigenvalue weighted by Gasteiger charge is 2.14. The van der Waals surface area contributed by atoms with Gasteiger partial charge in [-0.15, -0.1) is 0 Å². The van der Waals surface area contributed by atoms with E-state index in [0.717, 1.165) is 6.42 Å². The lowest BCUT2D eigenvalue weighted by Gasteiger charge is -2.07. The summed E-state index contributed by atoms with van der Waals surface area (Å²) in [6.45, 7) is 4.12. The largest absolute Gasteiger partial charge is 0.352 e. The highest BCUT2D eigenvalue weighted by Crippen LogP contribution is 2.15. The predicted molar refractivity (Wildman–Crippen MR) is 65.2 cm³/mol. The molecule has 1 aromatic rings. The topological polar surface area (TPSA) is 89.3 Å². The first-order chi connectivity index (χ1) is 7.86. The van der Waals surface area contributed by atoms with Crippen LogP contribution in [-0.2, 0) is 10.0 Å². The summed E-state index contributed by atoms with van der Waals surface area (Å²) in [4.78, 5) is 11.6. The summed E-state index contributed by atoms with van der Waals surface area (Å²) >= 11 is 0. The maximum atomic E-state index is 11.6. The van der Waals surface area contributed by atoms with Crippen molar-refractivity contribution in [3.63, 3.8) is 0 Å². The zero-order valence-electron chi connectivity index (χ0n) is 9.86. The summed E-state index contributed by atoms with van der Waals surface area (Å²) in [7, 11) is -3.79. The SMILES string of the molecule is CCCNC(=O)c1ccc(C)c(S(N)(=O)=O)c1. The van der Waals surface area contributed by atoms with E-state index in [1.165, 1.54) is 6.07 Å². The van der Waals surface area contributed by atoms with E-state index in [4.69, 9.17) is 5.14 Å². The molecule has 5 nitrogen and oxygen atoms in total. The Hall–Kier alpha value is -1.40. The van der Waals surface area contributed by atoms with Crippen LogP contribution in [-0.4, -0.2) is 20.9 Å². The van der Waals surface area contributed by atoms with Crippen LogP contribution in [0, 0.1) is 6.92 Å². The zero-order chi connectivity index (χ0) is 13.1. The fourth-order valence-corrected chi connectivity index (χ4v) is 2.20. The Balaban J connectivity index is 3.09. The summed E-state index contributed by atoms with van der Waals surface area (Å²) < 4.78 is 22.6. The van der Waals surface area contributed by atoms with E-state index in [9.17, 15) is 13.2 Å². The molecule has 0 atom stereocenters. The van der Waals surface area contributed by atoms with Crippen molar-refractivity contribution in [2.24, 2.45) is 5.14 Å². The lowest BCUT2D eigenvalue weighted by Crippen LogP contribution is -2.24. The summed E-state index contributed by atoms with van der Waals surface area (Å²) in [6.07, 6.45) is 0.819. The standard InChI is InChI=1S/C11H16N2O3S/c1-3-6-13-11(14)9-5-4-8(2)10(7-9)17(12,15)16/h4-5,7H,3,6H2,1-2H3,(H,13,14)(H2,12,15,16). The van der Waals surface area contributed by atoms with Crippen molar-refractivity contribution < 1.29 is 13.2 Å². The Kier molecular flexibility index (Phi) is 4.25. The maximum absolute atomic E-state index is 11.6. The molecule has 1 aromatic carbocycles. The smallest absolute Gasteiger partial charge is 0.251 e. The van der Waals surface area contributed by atoms with Gasteiger partial charge in [-0.1, -0.05) is 13.0 Å². The van der Waals surface area contributed by atoms with E-state index in [1.807, 2.05) is 6.92 Å². The Morgan fingerprint density at radius 3 is 2.59 bits per heavy atom. The Bertz CT molecular complexity index is 524. The van der Waals surface area contributed by atoms with Gasteiger partial charge in [0.25, 0.3) is 5.91 Å². The molecule has 0 aliphatic carbocycles. The van der Waals surface area contributed by atoms with E-state index in [0.29, 0.717) is 17.7 Å². The van der Waals surface area contributed by atoms with Crippen LogP contribution in [0.4, 0.5) is 0 Å². The van der Waals surface area contributed by atoms with Crippen LogP contribution in [0.2, 0.25) is 0 Å². The Labute approximate surface area is 101 Å². The second-order valence-corrected chi connectivity index (χ2v) is 5.31. The van der Waals surface area contributed by atoms with Crippen LogP contribution in [0.3, 0.4) is 0 Å². The summed E-state index contributed by atoms with van der Waals surface area (Å²) in [6, 6.07) is 4.45. The highest BCUT2D eigenvalue weighted by molar-refractivity contribution is 7.89. The number of primary sulfonamides is 1. The van der Waals surface area contributed by atoms with Crippen LogP contribution in [0.25, 0.3) is 0 Å². The molecule has 6 heteroatoms. The van der Waals surface area contributed by atoms with Crippen LogP contribution in [0.15, 0.2) is 23.1 Å². The molecule has 0 bridgehead atoms. The van der Waals surface area contributed by atoms with Crippen molar-refractivity contribution in [2.75, 3.05) is 6.54 Å². The van der Waals surface area contributed by atoms with Crippen molar-refractivity contribution in [3.05, 3.63) is 29.3 Å². The van der Waals surface area contributed by atoms with E-state index < -0.39 is 10.0 Å². The Morgan fingerprint density at radius 2 is 2.06 bits per heavy atom. The van der Waals surface area contributed by atoms with Gasteiger partial charge in [-0.2, -0.15) is 0 Å². The summed E-state index contributed by atoms with van der Waals surface area (Å²) in [5.41, 5.74) is 0.826. The van der Waals surface area contributed by atoms with Gasteiger partial charge < -0.3 is 5.32 Å². The molecule has 0 saturated carbocycles. The second-order valence-electron chi connectivity index (χ2n) is 3.78. The second kappa shape index (κ2) is 5.29. The number of hydrogen-bond donors (Lipinski definition) is 2. The first kappa shape index (κ1) is 13.7. The number of rotatable bonds is 4. The minimum absolute atomic E-state index is 0.0124. The van der Waals surface area contributed by atoms with Crippen LogP contribution < -0.4 is 10.5 Å². The number of nitrogens with one attached hydrogen (secondary N) is 1. The molecular formula is C11H16N2O3S. The molecule has 1 amide bonds. The maximum Gasteiger partial charge on any atom is 0.251 e. The van der Waals surface area contributed by atoms with E-state index in [-0.39, 0.29) is 10.8 Å². The van der Waals surface area contributed by atoms with Gasteiger partial charge in [-0.3, -0.25) is 4.79 Å². The number of amides is 1. The van der Waals surface area contributed by atoms with Crippen LogP contribution in [0.5, 0.6) is 0 Å². The van der Waals surface area contributed by atoms with E-state index in [2.05, 4.69) is 5.32 Å². The van der Waals surface area contributed by atoms with Gasteiger partial charge in [-0.25, -0.2) is 13.6 Å². The van der Waals surface area contributed by atoms with Gasteiger partial charge in [0.15, 0.2) is 0 Å². The van der Waals surface area contributed by atoms with Crippen molar-refractivity contribution in [1.29, 1.82) is 0 Å². The van der Waals surface area contributed by atoms with Gasteiger partial charge in [-0.05, 0) is 31.0 Å². The highest BCUT2D eigenvalue weighted by atomic mass is 32.2. The molecule has 0 radical (unpaired) electrons. The minimum atomic E-state index is -3.79. The molecule has 0 spiro atoms. The molecule has 1 rings (SSSR count). The molecule has 17 heavy (non-hydrogen) atoms. The number of carbonyl (C=O) groups is 1. The number of aryl methyl sites for hydroxylation is 1. The zero-order valence-corrected chi connectivity index (χ0v) is 10.7. The van der Waals surface area contributed by atoms with Crippen molar-refractivity contribution in [2.45, 2.75) is 25.2 Å². The van der Waals surface area contributed by atoms with Gasteiger partial charge in [0.05, 0.1) is 4.90 Å². The molecule has 94 valence electrons. The van der Waals surface area contributed by atoms with Crippen LogP contribution >= 0.6 is 0 Å². The quantitative estimate of drug-likeness (QED) is 0.834. The first-order valence-corrected chi connectivity index (χ1v) is 6.82. The van der Waals surface area contributed by atoms with Crippen molar-refractivity contribution in [3.8, 4) is 0 Å². The number of carbonyl (C=O) groups excluding carboxylic acids is 1. The third-order valence-electron chi connectivity index (χ3n) is 2.29. The van der Waals surface area contributed by atoms with Crippen LogP contribution in [0.1, 0.15) is 29.3 Å². The molecule has 0 aliphatic heterocycles. The Morgan fingerprint density at radius 1 is 1.41 bits per heavy atom. The van der Waals surface area contributed by atoms with Gasteiger partial charge >= 0.3 is 0 Å². The fraction of sp³-hybridized carbons (Fsp3) is 0.364. The van der Waals surface area contributed by atoms with Crippen molar-refractivity contribution >= 4 is 15.9 Å². The third kappa shape index (κ3) is 3.54. The van der Waals surface area contributed by atoms with Crippen molar-refractivity contribution in [1.82, 2.24) is 5.32 Å². The van der Waals surface area contributed by atoms with Gasteiger partial charge in [0.2, 0.25) is 10.0 Å². The molecule has 0 fully saturated rings. The lowest BCUT2D eigenvalue weighted by molar-refractivity contribution is 0.0953. The number of benzene rings is 1. The number of nitrogens with two attached hydrogens (primary N) is 1. The minimum Gasteiger partial charge on any atom is -0.352 e. The summed E-state index contributed by atoms with van der Waals surface area (Å²) in [5, 5.41) is 7.74. The number of hydrogen-bond acceptors (Lipinski definition) is 3. The predicted octanol–water partition coefficient (Wildman–Crippen LogP) is 0.782. The molecule has 0 aromatic heterocycles. The van der Waals surface area contributed by atoms with Gasteiger partial charge in [0, 0.05) is 12.1 Å². The third-order valence-corrected chi connectivity index (χ3v) is 3.35. The average molecular weight is 256 g/mol. The van der Waals surface area contributed by atoms with Gasteiger partial charge in [0.1, 0.15) is 0 Å².